The quantitative estimate of drug-likeness (QED) is 0.904. The van der Waals surface area contributed by atoms with Crippen LogP contribution < -0.4 is 5.32 Å². The largest absolute Gasteiger partial charge is 0.477 e. The summed E-state index contributed by atoms with van der Waals surface area (Å²) in [6.07, 6.45) is -3.30. The van der Waals surface area contributed by atoms with Gasteiger partial charge in [0.2, 0.25) is 0 Å². The lowest BCUT2D eigenvalue weighted by Crippen LogP contribution is -2.12. The molecule has 0 radical (unpaired) electrons. The van der Waals surface area contributed by atoms with Crippen LogP contribution in [0.5, 0.6) is 0 Å². The molecule has 9 heteroatoms. The van der Waals surface area contributed by atoms with E-state index in [0.717, 1.165) is 4.68 Å². The standard InChI is InChI=1S/C12H11F3N4O2/c1-19-6-7(10(18-19)12(13,14)15)5-16-9-4-2-3-8(17-9)11(20)21/h2-4,6H,5H2,1H3,(H,16,17)(H,20,21). The SMILES string of the molecule is Cn1cc(CNc2cccc(C(=O)O)n2)c(C(F)(F)F)n1. The lowest BCUT2D eigenvalue weighted by atomic mass is 10.2. The van der Waals surface area contributed by atoms with Crippen LogP contribution in [0.2, 0.25) is 0 Å². The second-order valence-electron chi connectivity index (χ2n) is 4.24. The van der Waals surface area contributed by atoms with E-state index >= 15 is 0 Å². The zero-order valence-corrected chi connectivity index (χ0v) is 10.8. The van der Waals surface area contributed by atoms with Crippen LogP contribution in [0.3, 0.4) is 0 Å². The average molecular weight is 300 g/mol. The van der Waals surface area contributed by atoms with E-state index in [0.29, 0.717) is 0 Å². The number of carboxylic acids is 1. The number of aryl methyl sites for hydroxylation is 1. The number of carbonyl (C=O) groups is 1. The van der Waals surface area contributed by atoms with E-state index in [1.54, 1.807) is 0 Å². The van der Waals surface area contributed by atoms with Crippen molar-refractivity contribution in [3.63, 3.8) is 0 Å². The maximum absolute atomic E-state index is 12.8. The lowest BCUT2D eigenvalue weighted by Gasteiger charge is -2.08. The molecule has 2 aromatic rings. The summed E-state index contributed by atoms with van der Waals surface area (Å²) >= 11 is 0. The Bertz CT molecular complexity index is 667. The van der Waals surface area contributed by atoms with Gasteiger partial charge in [0, 0.05) is 25.4 Å². The van der Waals surface area contributed by atoms with Crippen molar-refractivity contribution in [2.75, 3.05) is 5.32 Å². The number of hydrogen-bond donors (Lipinski definition) is 2. The van der Waals surface area contributed by atoms with Crippen molar-refractivity contribution in [3.05, 3.63) is 41.3 Å². The number of hydrogen-bond acceptors (Lipinski definition) is 4. The normalized spacial score (nSPS) is 11.4. The first-order chi connectivity index (χ1) is 9.77. The molecule has 2 aromatic heterocycles. The van der Waals surface area contributed by atoms with Crippen molar-refractivity contribution >= 4 is 11.8 Å². The van der Waals surface area contributed by atoms with E-state index in [4.69, 9.17) is 5.11 Å². The summed E-state index contributed by atoms with van der Waals surface area (Å²) in [4.78, 5) is 14.5. The first kappa shape index (κ1) is 14.8. The van der Waals surface area contributed by atoms with Crippen molar-refractivity contribution in [2.24, 2.45) is 7.05 Å². The van der Waals surface area contributed by atoms with Crippen molar-refractivity contribution in [2.45, 2.75) is 12.7 Å². The molecule has 2 heterocycles. The summed E-state index contributed by atoms with van der Waals surface area (Å²) in [7, 11) is 1.39. The molecule has 0 fully saturated rings. The minimum atomic E-state index is -4.55. The van der Waals surface area contributed by atoms with Gasteiger partial charge in [0.15, 0.2) is 11.4 Å². The van der Waals surface area contributed by atoms with Crippen LogP contribution in [0.25, 0.3) is 0 Å². The number of nitrogens with zero attached hydrogens (tertiary/aromatic N) is 3. The molecule has 0 aromatic carbocycles. The van der Waals surface area contributed by atoms with Gasteiger partial charge in [0.1, 0.15) is 5.82 Å². The molecule has 0 unspecified atom stereocenters. The summed E-state index contributed by atoms with van der Waals surface area (Å²) in [6, 6.07) is 4.21. The molecule has 2 rings (SSSR count). The highest BCUT2D eigenvalue weighted by Gasteiger charge is 2.36. The highest BCUT2D eigenvalue weighted by Crippen LogP contribution is 2.30. The van der Waals surface area contributed by atoms with E-state index in [9.17, 15) is 18.0 Å². The van der Waals surface area contributed by atoms with E-state index in [1.165, 1.54) is 31.4 Å². The predicted molar refractivity (Wildman–Crippen MR) is 66.7 cm³/mol. The Kier molecular flexibility index (Phi) is 3.83. The summed E-state index contributed by atoms with van der Waals surface area (Å²) in [5.74, 6) is -1.04. The Hall–Kier alpha value is -2.58. The first-order valence-electron chi connectivity index (χ1n) is 5.81. The molecule has 0 aliphatic rings. The Balaban J connectivity index is 2.17. The molecular weight excluding hydrogens is 289 g/mol. The Morgan fingerprint density at radius 1 is 1.43 bits per heavy atom. The molecule has 0 saturated heterocycles. The van der Waals surface area contributed by atoms with Gasteiger partial charge in [0.05, 0.1) is 0 Å². The maximum Gasteiger partial charge on any atom is 0.435 e. The van der Waals surface area contributed by atoms with Crippen LogP contribution in [0.4, 0.5) is 19.0 Å². The highest BCUT2D eigenvalue weighted by molar-refractivity contribution is 5.85. The molecular formula is C12H11F3N4O2. The Morgan fingerprint density at radius 3 is 2.76 bits per heavy atom. The Morgan fingerprint density at radius 2 is 2.14 bits per heavy atom. The fraction of sp³-hybridized carbons (Fsp3) is 0.250. The zero-order valence-electron chi connectivity index (χ0n) is 10.8. The fourth-order valence-corrected chi connectivity index (χ4v) is 1.74. The van der Waals surface area contributed by atoms with Crippen molar-refractivity contribution in [1.29, 1.82) is 0 Å². The summed E-state index contributed by atoms with van der Waals surface area (Å²) in [5, 5.41) is 14.8. The van der Waals surface area contributed by atoms with Crippen LogP contribution in [0.1, 0.15) is 21.7 Å². The molecule has 0 spiro atoms. The van der Waals surface area contributed by atoms with Gasteiger partial charge in [-0.2, -0.15) is 18.3 Å². The maximum atomic E-state index is 12.8. The van der Waals surface area contributed by atoms with Crippen LogP contribution in [0, 0.1) is 0 Å². The van der Waals surface area contributed by atoms with Gasteiger partial charge >= 0.3 is 12.1 Å². The van der Waals surface area contributed by atoms with E-state index in [1.807, 2.05) is 0 Å². The van der Waals surface area contributed by atoms with Crippen LogP contribution in [-0.4, -0.2) is 25.8 Å². The number of pyridine rings is 1. The van der Waals surface area contributed by atoms with Crippen molar-refractivity contribution in [3.8, 4) is 0 Å². The summed E-state index contributed by atoms with van der Waals surface area (Å²) < 4.78 is 39.4. The van der Waals surface area contributed by atoms with Gasteiger partial charge < -0.3 is 10.4 Å². The zero-order chi connectivity index (χ0) is 15.6. The molecule has 2 N–H and O–H groups in total. The molecule has 112 valence electrons. The van der Waals surface area contributed by atoms with Crippen LogP contribution in [0.15, 0.2) is 24.4 Å². The second-order valence-corrected chi connectivity index (χ2v) is 4.24. The summed E-state index contributed by atoms with van der Waals surface area (Å²) in [5.41, 5.74) is -1.22. The van der Waals surface area contributed by atoms with Gasteiger partial charge in [0.25, 0.3) is 0 Å². The third kappa shape index (κ3) is 3.50. The van der Waals surface area contributed by atoms with Gasteiger partial charge in [-0.3, -0.25) is 4.68 Å². The highest BCUT2D eigenvalue weighted by atomic mass is 19.4. The van der Waals surface area contributed by atoms with Gasteiger partial charge in [-0.25, -0.2) is 9.78 Å². The molecule has 6 nitrogen and oxygen atoms in total. The monoisotopic (exact) mass is 300 g/mol. The van der Waals surface area contributed by atoms with Crippen molar-refractivity contribution in [1.82, 2.24) is 14.8 Å². The topological polar surface area (TPSA) is 80.0 Å². The summed E-state index contributed by atoms with van der Waals surface area (Å²) in [6.45, 7) is -0.168. The molecule has 0 saturated carbocycles. The molecule has 0 amide bonds. The molecule has 0 atom stereocenters. The van der Waals surface area contributed by atoms with Crippen molar-refractivity contribution < 1.29 is 23.1 Å². The van der Waals surface area contributed by atoms with Crippen LogP contribution in [-0.2, 0) is 19.8 Å². The number of aromatic carboxylic acids is 1. The molecule has 0 aliphatic heterocycles. The number of aromatic nitrogens is 3. The fourth-order valence-electron chi connectivity index (χ4n) is 1.74. The molecule has 0 bridgehead atoms. The number of carboxylic acid groups (broad SMARTS) is 1. The average Bonchev–Trinajstić information content (AvgIpc) is 2.78. The number of halogens is 3. The number of anilines is 1. The minimum absolute atomic E-state index is 0.0486. The smallest absolute Gasteiger partial charge is 0.435 e. The predicted octanol–water partition coefficient (Wildman–Crippen LogP) is 2.14. The third-order valence-electron chi connectivity index (χ3n) is 2.60. The number of nitrogens with one attached hydrogen (secondary N) is 1. The van der Waals surface area contributed by atoms with E-state index in [-0.39, 0.29) is 23.6 Å². The first-order valence-corrected chi connectivity index (χ1v) is 5.81. The third-order valence-corrected chi connectivity index (χ3v) is 2.60. The molecule has 21 heavy (non-hydrogen) atoms. The Labute approximate surface area is 117 Å². The number of rotatable bonds is 4. The minimum Gasteiger partial charge on any atom is -0.477 e. The second kappa shape index (κ2) is 5.43. The van der Waals surface area contributed by atoms with Gasteiger partial charge in [-0.15, -0.1) is 0 Å². The van der Waals surface area contributed by atoms with E-state index < -0.39 is 17.8 Å². The van der Waals surface area contributed by atoms with Gasteiger partial charge in [-0.1, -0.05) is 6.07 Å². The van der Waals surface area contributed by atoms with E-state index in [2.05, 4.69) is 15.4 Å². The lowest BCUT2D eigenvalue weighted by molar-refractivity contribution is -0.142. The van der Waals surface area contributed by atoms with Crippen LogP contribution >= 0.6 is 0 Å². The number of alkyl halides is 3. The molecule has 0 aliphatic carbocycles. The van der Waals surface area contributed by atoms with Gasteiger partial charge in [-0.05, 0) is 12.1 Å².